The van der Waals surface area contributed by atoms with Crippen molar-refractivity contribution in [2.24, 2.45) is 17.8 Å². The van der Waals surface area contributed by atoms with Crippen molar-refractivity contribution >= 4 is 15.9 Å². The first-order chi connectivity index (χ1) is 8.06. The van der Waals surface area contributed by atoms with Crippen LogP contribution in [0.3, 0.4) is 0 Å². The summed E-state index contributed by atoms with van der Waals surface area (Å²) >= 11 is 3.43. The Morgan fingerprint density at radius 3 is 2.12 bits per heavy atom. The summed E-state index contributed by atoms with van der Waals surface area (Å²) in [5.74, 6) is 1.91. The van der Waals surface area contributed by atoms with E-state index in [2.05, 4.69) is 29.8 Å². The Hall–Kier alpha value is -0.340. The first-order valence-electron chi connectivity index (χ1n) is 6.49. The van der Waals surface area contributed by atoms with Crippen LogP contribution in [0.2, 0.25) is 0 Å². The summed E-state index contributed by atoms with van der Waals surface area (Å²) in [7, 11) is 0. The fourth-order valence-corrected chi connectivity index (χ4v) is 3.46. The predicted octanol–water partition coefficient (Wildman–Crippen LogP) is 4.55. The van der Waals surface area contributed by atoms with Gasteiger partial charge in [-0.3, -0.25) is 0 Å². The van der Waals surface area contributed by atoms with Gasteiger partial charge in [0.1, 0.15) is 0 Å². The molecule has 1 fully saturated rings. The van der Waals surface area contributed by atoms with Gasteiger partial charge in [-0.25, -0.2) is 0 Å². The van der Waals surface area contributed by atoms with E-state index in [1.807, 2.05) is 24.3 Å². The van der Waals surface area contributed by atoms with Gasteiger partial charge in [0.25, 0.3) is 0 Å². The van der Waals surface area contributed by atoms with Crippen molar-refractivity contribution in [2.45, 2.75) is 39.2 Å². The number of hydrogen-bond acceptors (Lipinski definition) is 1. The van der Waals surface area contributed by atoms with E-state index in [1.165, 1.54) is 6.42 Å². The first kappa shape index (κ1) is 13.1. The SMILES string of the molecule is CC1CC(C)CC(C(O)c2ccc(Br)cc2)C1. The van der Waals surface area contributed by atoms with Crippen LogP contribution >= 0.6 is 15.9 Å². The van der Waals surface area contributed by atoms with Crippen molar-refractivity contribution < 1.29 is 5.11 Å². The van der Waals surface area contributed by atoms with Crippen LogP contribution < -0.4 is 0 Å². The molecule has 0 amide bonds. The lowest BCUT2D eigenvalue weighted by molar-refractivity contribution is 0.0552. The molecule has 0 aromatic heterocycles. The number of aliphatic hydroxyl groups is 1. The van der Waals surface area contributed by atoms with E-state index >= 15 is 0 Å². The first-order valence-corrected chi connectivity index (χ1v) is 7.29. The Bertz CT molecular complexity index is 350. The van der Waals surface area contributed by atoms with Gasteiger partial charge in [0, 0.05) is 4.47 Å². The van der Waals surface area contributed by atoms with E-state index in [0.29, 0.717) is 5.92 Å². The van der Waals surface area contributed by atoms with E-state index in [9.17, 15) is 5.11 Å². The van der Waals surface area contributed by atoms with Crippen LogP contribution in [-0.4, -0.2) is 5.11 Å². The van der Waals surface area contributed by atoms with Crippen LogP contribution in [0.15, 0.2) is 28.7 Å². The highest BCUT2D eigenvalue weighted by atomic mass is 79.9. The van der Waals surface area contributed by atoms with Gasteiger partial charge in [0.05, 0.1) is 6.10 Å². The smallest absolute Gasteiger partial charge is 0.0818 e. The third kappa shape index (κ3) is 3.32. The molecule has 2 rings (SSSR count). The van der Waals surface area contributed by atoms with E-state index in [1.54, 1.807) is 0 Å². The molecule has 94 valence electrons. The molecule has 3 unspecified atom stereocenters. The zero-order chi connectivity index (χ0) is 12.4. The second-order valence-corrected chi connectivity index (χ2v) is 6.59. The fraction of sp³-hybridized carbons (Fsp3) is 0.600. The Balaban J connectivity index is 2.08. The van der Waals surface area contributed by atoms with Crippen molar-refractivity contribution in [1.82, 2.24) is 0 Å². The van der Waals surface area contributed by atoms with Crippen molar-refractivity contribution in [3.8, 4) is 0 Å². The largest absolute Gasteiger partial charge is 0.388 e. The van der Waals surface area contributed by atoms with Gasteiger partial charge in [-0.2, -0.15) is 0 Å². The number of benzene rings is 1. The normalized spacial score (nSPS) is 31.2. The average molecular weight is 297 g/mol. The fourth-order valence-electron chi connectivity index (χ4n) is 3.20. The summed E-state index contributed by atoms with van der Waals surface area (Å²) in [6.07, 6.45) is 3.32. The lowest BCUT2D eigenvalue weighted by atomic mass is 9.73. The molecule has 0 radical (unpaired) electrons. The van der Waals surface area contributed by atoms with Crippen LogP contribution in [0, 0.1) is 17.8 Å². The maximum Gasteiger partial charge on any atom is 0.0818 e. The summed E-state index contributed by atoms with van der Waals surface area (Å²) in [6, 6.07) is 8.07. The molecular weight excluding hydrogens is 276 g/mol. The zero-order valence-electron chi connectivity index (χ0n) is 10.6. The number of aliphatic hydroxyl groups excluding tert-OH is 1. The lowest BCUT2D eigenvalue weighted by Gasteiger charge is -2.34. The van der Waals surface area contributed by atoms with E-state index in [4.69, 9.17) is 0 Å². The topological polar surface area (TPSA) is 20.2 Å². The minimum absolute atomic E-state index is 0.298. The van der Waals surface area contributed by atoms with Crippen molar-refractivity contribution in [2.75, 3.05) is 0 Å². The van der Waals surface area contributed by atoms with Gasteiger partial charge in [0.15, 0.2) is 0 Å². The molecule has 1 nitrogen and oxygen atoms in total. The van der Waals surface area contributed by atoms with E-state index in [-0.39, 0.29) is 6.10 Å². The molecule has 0 spiro atoms. The third-order valence-corrected chi connectivity index (χ3v) is 4.40. The molecule has 0 aliphatic heterocycles. The second kappa shape index (κ2) is 5.53. The third-order valence-electron chi connectivity index (χ3n) is 3.87. The van der Waals surface area contributed by atoms with Crippen molar-refractivity contribution in [3.05, 3.63) is 34.3 Å². The maximum atomic E-state index is 10.5. The maximum absolute atomic E-state index is 10.5. The molecule has 0 saturated heterocycles. The molecular formula is C15H21BrO. The number of rotatable bonds is 2. The Morgan fingerprint density at radius 2 is 1.59 bits per heavy atom. The standard InChI is InChI=1S/C15H21BrO/c1-10-7-11(2)9-13(8-10)15(17)12-3-5-14(16)6-4-12/h3-6,10-11,13,15,17H,7-9H2,1-2H3. The zero-order valence-corrected chi connectivity index (χ0v) is 12.2. The summed E-state index contributed by atoms with van der Waals surface area (Å²) in [5.41, 5.74) is 1.06. The van der Waals surface area contributed by atoms with Crippen LogP contribution in [0.4, 0.5) is 0 Å². The molecule has 0 heterocycles. The predicted molar refractivity (Wildman–Crippen MR) is 74.8 cm³/mol. The molecule has 1 aromatic carbocycles. The quantitative estimate of drug-likeness (QED) is 0.848. The van der Waals surface area contributed by atoms with Gasteiger partial charge >= 0.3 is 0 Å². The average Bonchev–Trinajstić information content (AvgIpc) is 2.28. The Labute approximate surface area is 112 Å². The molecule has 1 aliphatic rings. The molecule has 1 saturated carbocycles. The highest BCUT2D eigenvalue weighted by Crippen LogP contribution is 2.39. The van der Waals surface area contributed by atoms with Crippen LogP contribution in [0.25, 0.3) is 0 Å². The molecule has 1 N–H and O–H groups in total. The van der Waals surface area contributed by atoms with Crippen molar-refractivity contribution in [3.63, 3.8) is 0 Å². The molecule has 1 aliphatic carbocycles. The minimum Gasteiger partial charge on any atom is -0.388 e. The van der Waals surface area contributed by atoms with E-state index < -0.39 is 0 Å². The van der Waals surface area contributed by atoms with Crippen LogP contribution in [-0.2, 0) is 0 Å². The highest BCUT2D eigenvalue weighted by molar-refractivity contribution is 9.10. The molecule has 0 bridgehead atoms. The summed E-state index contributed by atoms with van der Waals surface area (Å²) in [5, 5.41) is 10.5. The summed E-state index contributed by atoms with van der Waals surface area (Å²) in [4.78, 5) is 0. The molecule has 1 aromatic rings. The van der Waals surface area contributed by atoms with Crippen LogP contribution in [0.5, 0.6) is 0 Å². The lowest BCUT2D eigenvalue weighted by Crippen LogP contribution is -2.24. The number of hydrogen-bond donors (Lipinski definition) is 1. The van der Waals surface area contributed by atoms with Gasteiger partial charge in [-0.15, -0.1) is 0 Å². The van der Waals surface area contributed by atoms with Gasteiger partial charge in [-0.05, 0) is 54.7 Å². The van der Waals surface area contributed by atoms with Gasteiger partial charge < -0.3 is 5.11 Å². The molecule has 3 atom stereocenters. The highest BCUT2D eigenvalue weighted by Gasteiger charge is 2.29. The van der Waals surface area contributed by atoms with Crippen molar-refractivity contribution in [1.29, 1.82) is 0 Å². The minimum atomic E-state index is -0.298. The number of halogens is 1. The Kier molecular flexibility index (Phi) is 4.26. The second-order valence-electron chi connectivity index (χ2n) is 5.67. The van der Waals surface area contributed by atoms with Gasteiger partial charge in [-0.1, -0.05) is 41.9 Å². The summed E-state index contributed by atoms with van der Waals surface area (Å²) < 4.78 is 1.07. The summed E-state index contributed by atoms with van der Waals surface area (Å²) in [6.45, 7) is 4.61. The monoisotopic (exact) mass is 296 g/mol. The van der Waals surface area contributed by atoms with E-state index in [0.717, 1.165) is 34.7 Å². The van der Waals surface area contributed by atoms with Crippen LogP contribution in [0.1, 0.15) is 44.8 Å². The van der Waals surface area contributed by atoms with Gasteiger partial charge in [0.2, 0.25) is 0 Å². The molecule has 2 heteroatoms. The Morgan fingerprint density at radius 1 is 1.06 bits per heavy atom. The molecule has 17 heavy (non-hydrogen) atoms.